The molecule has 1 aromatic carbocycles. The van der Waals surface area contributed by atoms with E-state index in [1.54, 1.807) is 6.33 Å². The van der Waals surface area contributed by atoms with Crippen LogP contribution in [0.2, 0.25) is 5.02 Å². The maximum Gasteiger partial charge on any atom is 0.116 e. The lowest BCUT2D eigenvalue weighted by atomic mass is 10.1. The van der Waals surface area contributed by atoms with Crippen molar-refractivity contribution in [2.45, 2.75) is 19.4 Å². The summed E-state index contributed by atoms with van der Waals surface area (Å²) in [5, 5.41) is 4.92. The molecule has 0 saturated heterocycles. The molecule has 3 nitrogen and oxygen atoms in total. The van der Waals surface area contributed by atoms with E-state index in [-0.39, 0.29) is 0 Å². The summed E-state index contributed by atoms with van der Waals surface area (Å²) in [6.45, 7) is 2.12. The first-order valence-corrected chi connectivity index (χ1v) is 5.65. The fourth-order valence-corrected chi connectivity index (χ4v) is 1.88. The zero-order chi connectivity index (χ0) is 11.5. The SMILES string of the molecule is CNC(C)Cc1ncnc2c(Cl)cccc12. The van der Waals surface area contributed by atoms with Gasteiger partial charge in [-0.3, -0.25) is 0 Å². The summed E-state index contributed by atoms with van der Waals surface area (Å²) in [4.78, 5) is 8.54. The fraction of sp³-hybridized carbons (Fsp3) is 0.333. The second-order valence-electron chi connectivity index (χ2n) is 3.85. The summed E-state index contributed by atoms with van der Waals surface area (Å²) in [5.74, 6) is 0. The predicted molar refractivity (Wildman–Crippen MR) is 66.8 cm³/mol. The molecule has 1 aromatic heterocycles. The fourth-order valence-electron chi connectivity index (χ4n) is 1.66. The molecule has 0 spiro atoms. The van der Waals surface area contributed by atoms with Gasteiger partial charge in [0.05, 0.1) is 16.2 Å². The average Bonchev–Trinajstić information content (AvgIpc) is 2.30. The van der Waals surface area contributed by atoms with E-state index in [9.17, 15) is 0 Å². The van der Waals surface area contributed by atoms with Crippen LogP contribution in [0.5, 0.6) is 0 Å². The summed E-state index contributed by atoms with van der Waals surface area (Å²) in [6.07, 6.45) is 2.45. The van der Waals surface area contributed by atoms with Gasteiger partial charge in [-0.1, -0.05) is 23.7 Å². The van der Waals surface area contributed by atoms with Crippen LogP contribution in [0.1, 0.15) is 12.6 Å². The summed E-state index contributed by atoms with van der Waals surface area (Å²) >= 11 is 6.09. The first kappa shape index (κ1) is 11.3. The minimum atomic E-state index is 0.386. The van der Waals surface area contributed by atoms with Crippen LogP contribution in [0.4, 0.5) is 0 Å². The number of nitrogens with one attached hydrogen (secondary N) is 1. The van der Waals surface area contributed by atoms with Gasteiger partial charge in [-0.25, -0.2) is 9.97 Å². The van der Waals surface area contributed by atoms with Crippen molar-refractivity contribution < 1.29 is 0 Å². The molecular weight excluding hydrogens is 222 g/mol. The van der Waals surface area contributed by atoms with E-state index in [1.807, 2.05) is 25.2 Å². The van der Waals surface area contributed by atoms with Crippen LogP contribution in [0.3, 0.4) is 0 Å². The number of benzene rings is 1. The second-order valence-corrected chi connectivity index (χ2v) is 4.26. The largest absolute Gasteiger partial charge is 0.317 e. The summed E-state index contributed by atoms with van der Waals surface area (Å²) < 4.78 is 0. The van der Waals surface area contributed by atoms with Crippen LogP contribution in [0.15, 0.2) is 24.5 Å². The number of rotatable bonds is 3. The van der Waals surface area contributed by atoms with Crippen molar-refractivity contribution in [3.05, 3.63) is 35.2 Å². The molecule has 0 bridgehead atoms. The van der Waals surface area contributed by atoms with Gasteiger partial charge < -0.3 is 5.32 Å². The number of hydrogen-bond acceptors (Lipinski definition) is 3. The van der Waals surface area contributed by atoms with Crippen molar-refractivity contribution in [2.24, 2.45) is 0 Å². The Labute approximate surface area is 99.9 Å². The molecule has 4 heteroatoms. The highest BCUT2D eigenvalue weighted by Crippen LogP contribution is 2.23. The second kappa shape index (κ2) is 4.76. The molecule has 0 aliphatic carbocycles. The van der Waals surface area contributed by atoms with Gasteiger partial charge in [0.1, 0.15) is 6.33 Å². The van der Waals surface area contributed by atoms with Gasteiger partial charge >= 0.3 is 0 Å². The molecule has 1 heterocycles. The van der Waals surface area contributed by atoms with Gasteiger partial charge in [0.2, 0.25) is 0 Å². The maximum absolute atomic E-state index is 6.09. The van der Waals surface area contributed by atoms with Crippen LogP contribution >= 0.6 is 11.6 Å². The lowest BCUT2D eigenvalue weighted by molar-refractivity contribution is 0.602. The van der Waals surface area contributed by atoms with E-state index >= 15 is 0 Å². The Morgan fingerprint density at radius 1 is 1.38 bits per heavy atom. The Balaban J connectivity index is 2.50. The first-order valence-electron chi connectivity index (χ1n) is 5.27. The third-order valence-electron chi connectivity index (χ3n) is 2.69. The van der Waals surface area contributed by atoms with Crippen molar-refractivity contribution >= 4 is 22.5 Å². The van der Waals surface area contributed by atoms with Gasteiger partial charge in [-0.2, -0.15) is 0 Å². The van der Waals surface area contributed by atoms with Gasteiger partial charge in [0.25, 0.3) is 0 Å². The van der Waals surface area contributed by atoms with Gasteiger partial charge in [0.15, 0.2) is 0 Å². The smallest absolute Gasteiger partial charge is 0.116 e. The predicted octanol–water partition coefficient (Wildman–Crippen LogP) is 2.43. The number of para-hydroxylation sites is 1. The standard InChI is InChI=1S/C12H14ClN3/c1-8(14-2)6-11-9-4-3-5-10(13)12(9)16-7-15-11/h3-5,7-8,14H,6H2,1-2H3. The van der Waals surface area contributed by atoms with Crippen molar-refractivity contribution in [3.8, 4) is 0 Å². The van der Waals surface area contributed by atoms with E-state index < -0.39 is 0 Å². The normalized spacial score (nSPS) is 12.9. The van der Waals surface area contributed by atoms with E-state index in [0.29, 0.717) is 11.1 Å². The van der Waals surface area contributed by atoms with Crippen LogP contribution in [-0.4, -0.2) is 23.1 Å². The lowest BCUT2D eigenvalue weighted by Crippen LogP contribution is -2.24. The molecule has 0 saturated carbocycles. The van der Waals surface area contributed by atoms with E-state index in [4.69, 9.17) is 11.6 Å². The molecule has 84 valence electrons. The lowest BCUT2D eigenvalue weighted by Gasteiger charge is -2.11. The molecule has 0 amide bonds. The Morgan fingerprint density at radius 3 is 2.94 bits per heavy atom. The monoisotopic (exact) mass is 235 g/mol. The topological polar surface area (TPSA) is 37.8 Å². The number of aromatic nitrogens is 2. The molecule has 2 rings (SSSR count). The Bertz CT molecular complexity index is 499. The number of nitrogens with zero attached hydrogens (tertiary/aromatic N) is 2. The summed E-state index contributed by atoms with van der Waals surface area (Å²) in [7, 11) is 1.95. The zero-order valence-electron chi connectivity index (χ0n) is 9.37. The van der Waals surface area contributed by atoms with Gasteiger partial charge in [0, 0.05) is 17.8 Å². The third-order valence-corrected chi connectivity index (χ3v) is 3.00. The molecule has 0 radical (unpaired) electrons. The number of fused-ring (bicyclic) bond motifs is 1. The van der Waals surface area contributed by atoms with Gasteiger partial charge in [-0.05, 0) is 20.0 Å². The van der Waals surface area contributed by atoms with Crippen molar-refractivity contribution in [3.63, 3.8) is 0 Å². The molecule has 1 unspecified atom stereocenters. The summed E-state index contributed by atoms with van der Waals surface area (Å²) in [6, 6.07) is 6.18. The molecule has 1 N–H and O–H groups in total. The summed E-state index contributed by atoms with van der Waals surface area (Å²) in [5.41, 5.74) is 1.87. The number of likely N-dealkylation sites (N-methyl/N-ethyl adjacent to an activating group) is 1. The average molecular weight is 236 g/mol. The highest BCUT2D eigenvalue weighted by molar-refractivity contribution is 6.35. The Hall–Kier alpha value is -1.19. The van der Waals surface area contributed by atoms with Crippen LogP contribution < -0.4 is 5.32 Å². The molecule has 0 aliphatic rings. The van der Waals surface area contributed by atoms with E-state index in [2.05, 4.69) is 22.2 Å². The minimum Gasteiger partial charge on any atom is -0.317 e. The molecule has 16 heavy (non-hydrogen) atoms. The minimum absolute atomic E-state index is 0.386. The van der Waals surface area contributed by atoms with Crippen molar-refractivity contribution in [2.75, 3.05) is 7.05 Å². The van der Waals surface area contributed by atoms with Crippen molar-refractivity contribution in [1.29, 1.82) is 0 Å². The molecule has 1 atom stereocenters. The molecule has 2 aromatic rings. The zero-order valence-corrected chi connectivity index (χ0v) is 10.1. The Morgan fingerprint density at radius 2 is 2.19 bits per heavy atom. The first-order chi connectivity index (χ1) is 7.72. The number of halogens is 1. The van der Waals surface area contributed by atoms with Crippen LogP contribution in [-0.2, 0) is 6.42 Å². The quantitative estimate of drug-likeness (QED) is 0.888. The Kier molecular flexibility index (Phi) is 3.36. The highest BCUT2D eigenvalue weighted by atomic mass is 35.5. The molecule has 0 fully saturated rings. The molecule has 0 aliphatic heterocycles. The van der Waals surface area contributed by atoms with E-state index in [0.717, 1.165) is 23.0 Å². The van der Waals surface area contributed by atoms with Gasteiger partial charge in [-0.15, -0.1) is 0 Å². The highest BCUT2D eigenvalue weighted by Gasteiger charge is 2.08. The maximum atomic E-state index is 6.09. The van der Waals surface area contributed by atoms with Crippen LogP contribution in [0, 0.1) is 0 Å². The van der Waals surface area contributed by atoms with Crippen molar-refractivity contribution in [1.82, 2.24) is 15.3 Å². The molecular formula is C12H14ClN3. The third kappa shape index (κ3) is 2.15. The number of hydrogen-bond donors (Lipinski definition) is 1. The van der Waals surface area contributed by atoms with Crippen LogP contribution in [0.25, 0.3) is 10.9 Å². The van der Waals surface area contributed by atoms with E-state index in [1.165, 1.54) is 0 Å².